The maximum Gasteiger partial charge on any atom is 0.431 e. The number of alkyl halides is 2. The maximum atomic E-state index is 14.4. The van der Waals surface area contributed by atoms with Crippen LogP contribution in [0.25, 0.3) is 10.2 Å². The summed E-state index contributed by atoms with van der Waals surface area (Å²) in [6, 6.07) is 10.1. The van der Waals surface area contributed by atoms with Gasteiger partial charge in [0.25, 0.3) is 5.56 Å². The molecule has 176 valence electrons. The zero-order valence-electron chi connectivity index (χ0n) is 17.2. The van der Waals surface area contributed by atoms with Gasteiger partial charge in [-0.15, -0.1) is 11.3 Å². The maximum absolute atomic E-state index is 14.4. The Hall–Kier alpha value is -3.80. The van der Waals surface area contributed by atoms with Crippen LogP contribution in [0.4, 0.5) is 22.0 Å². The Balaban J connectivity index is 1.72. The molecule has 0 unspecified atom stereocenters. The van der Waals surface area contributed by atoms with Crippen molar-refractivity contribution in [2.75, 3.05) is 0 Å². The van der Waals surface area contributed by atoms with Gasteiger partial charge in [0.1, 0.15) is 15.3 Å². The number of ether oxygens (including phenoxy) is 1. The molecule has 0 spiro atoms. The van der Waals surface area contributed by atoms with E-state index in [9.17, 15) is 36.3 Å². The third kappa shape index (κ3) is 4.00. The van der Waals surface area contributed by atoms with Crippen molar-refractivity contribution in [3.8, 4) is 0 Å². The summed E-state index contributed by atoms with van der Waals surface area (Å²) in [5.74, 6) is -7.71. The second-order valence-electron chi connectivity index (χ2n) is 7.18. The Kier molecular flexibility index (Phi) is 5.86. The van der Waals surface area contributed by atoms with Gasteiger partial charge in [0.15, 0.2) is 17.5 Å². The Morgan fingerprint density at radius 1 is 1.03 bits per heavy atom. The highest BCUT2D eigenvalue weighted by Crippen LogP contribution is 2.35. The number of aryl methyl sites for hydroxylation is 1. The van der Waals surface area contributed by atoms with Crippen LogP contribution in [0, 0.1) is 17.5 Å². The van der Waals surface area contributed by atoms with Gasteiger partial charge in [0.2, 0.25) is 0 Å². The van der Waals surface area contributed by atoms with Crippen LogP contribution in [0.5, 0.6) is 0 Å². The molecule has 0 saturated heterocycles. The topological polar surface area (TPSA) is 70.3 Å². The second kappa shape index (κ2) is 8.52. The molecule has 4 rings (SSSR count). The monoisotopic (exact) mass is 496 g/mol. The SMILES string of the molecule is Cn1c(=O)n(Cc2ccccc2)c(=O)c2cc(C(=O)OC(F)(F)c3ccc(F)c(F)c3F)sc21. The summed E-state index contributed by atoms with van der Waals surface area (Å²) in [6.45, 7) is -0.0641. The predicted octanol–water partition coefficient (Wildman–Crippen LogP) is 4.13. The van der Waals surface area contributed by atoms with Crippen molar-refractivity contribution < 1.29 is 31.5 Å². The Labute approximate surface area is 191 Å². The highest BCUT2D eigenvalue weighted by Gasteiger charge is 2.41. The van der Waals surface area contributed by atoms with Crippen molar-refractivity contribution in [3.63, 3.8) is 0 Å². The van der Waals surface area contributed by atoms with Gasteiger partial charge in [-0.3, -0.25) is 13.9 Å². The van der Waals surface area contributed by atoms with Gasteiger partial charge in [-0.05, 0) is 23.8 Å². The summed E-state index contributed by atoms with van der Waals surface area (Å²) in [4.78, 5) is 37.5. The van der Waals surface area contributed by atoms with Gasteiger partial charge in [0, 0.05) is 7.05 Å². The number of hydrogen-bond donors (Lipinski definition) is 0. The lowest BCUT2D eigenvalue weighted by atomic mass is 10.2. The summed E-state index contributed by atoms with van der Waals surface area (Å²) < 4.78 is 75.0. The molecular weight excluding hydrogens is 483 g/mol. The Morgan fingerprint density at radius 2 is 1.71 bits per heavy atom. The van der Waals surface area contributed by atoms with E-state index in [1.807, 2.05) is 0 Å². The van der Waals surface area contributed by atoms with Crippen molar-refractivity contribution in [2.24, 2.45) is 7.05 Å². The third-order valence-corrected chi connectivity index (χ3v) is 6.16. The smallest absolute Gasteiger partial charge is 0.393 e. The molecule has 0 aliphatic heterocycles. The van der Waals surface area contributed by atoms with Crippen LogP contribution in [0.2, 0.25) is 0 Å². The number of carbonyl (C=O) groups is 1. The fourth-order valence-corrected chi connectivity index (χ4v) is 4.24. The van der Waals surface area contributed by atoms with Crippen LogP contribution >= 0.6 is 11.3 Å². The first kappa shape index (κ1) is 23.4. The minimum Gasteiger partial charge on any atom is -0.393 e. The molecule has 6 nitrogen and oxygen atoms in total. The fraction of sp³-hybridized carbons (Fsp3) is 0.136. The van der Waals surface area contributed by atoms with Crippen LogP contribution in [-0.4, -0.2) is 15.1 Å². The number of hydrogen-bond acceptors (Lipinski definition) is 5. The molecule has 12 heteroatoms. The lowest BCUT2D eigenvalue weighted by molar-refractivity contribution is -0.211. The first-order chi connectivity index (χ1) is 16.0. The minimum absolute atomic E-state index is 0.0218. The van der Waals surface area contributed by atoms with E-state index >= 15 is 0 Å². The lowest BCUT2D eigenvalue weighted by Gasteiger charge is -2.17. The van der Waals surface area contributed by atoms with Gasteiger partial charge < -0.3 is 4.74 Å². The zero-order valence-corrected chi connectivity index (χ0v) is 18.0. The van der Waals surface area contributed by atoms with E-state index in [4.69, 9.17) is 0 Å². The van der Waals surface area contributed by atoms with E-state index in [0.717, 1.165) is 15.2 Å². The van der Waals surface area contributed by atoms with Crippen LogP contribution in [-0.2, 0) is 24.4 Å². The number of aromatic nitrogens is 2. The summed E-state index contributed by atoms with van der Waals surface area (Å²) >= 11 is 0.535. The van der Waals surface area contributed by atoms with Crippen molar-refractivity contribution in [3.05, 3.63) is 103 Å². The normalized spacial score (nSPS) is 11.7. The molecule has 0 aliphatic rings. The van der Waals surface area contributed by atoms with E-state index in [1.54, 1.807) is 30.3 Å². The van der Waals surface area contributed by atoms with Gasteiger partial charge in [0.05, 0.1) is 11.9 Å². The molecule has 0 bridgehead atoms. The number of benzene rings is 2. The fourth-order valence-electron chi connectivity index (χ4n) is 3.26. The molecule has 0 aliphatic carbocycles. The molecule has 2 aromatic carbocycles. The van der Waals surface area contributed by atoms with Gasteiger partial charge in [-0.2, -0.15) is 8.78 Å². The van der Waals surface area contributed by atoms with Gasteiger partial charge >= 0.3 is 17.8 Å². The molecule has 0 radical (unpaired) electrons. The highest BCUT2D eigenvalue weighted by atomic mass is 32.1. The molecule has 4 aromatic rings. The lowest BCUT2D eigenvalue weighted by Crippen LogP contribution is -2.38. The summed E-state index contributed by atoms with van der Waals surface area (Å²) in [5.41, 5.74) is -2.48. The molecule has 0 fully saturated rings. The number of rotatable bonds is 5. The van der Waals surface area contributed by atoms with Crippen LogP contribution in [0.1, 0.15) is 20.8 Å². The molecule has 34 heavy (non-hydrogen) atoms. The predicted molar refractivity (Wildman–Crippen MR) is 112 cm³/mol. The first-order valence-electron chi connectivity index (χ1n) is 9.53. The average Bonchev–Trinajstić information content (AvgIpc) is 3.25. The van der Waals surface area contributed by atoms with Crippen LogP contribution in [0.15, 0.2) is 58.1 Å². The Morgan fingerprint density at radius 3 is 2.38 bits per heavy atom. The van der Waals surface area contributed by atoms with Gasteiger partial charge in [-0.25, -0.2) is 22.8 Å². The number of halogens is 5. The number of fused-ring (bicyclic) bond motifs is 1. The number of nitrogens with zero attached hydrogens (tertiary/aromatic N) is 2. The van der Waals surface area contributed by atoms with Crippen molar-refractivity contribution in [1.29, 1.82) is 0 Å². The van der Waals surface area contributed by atoms with Crippen LogP contribution < -0.4 is 11.2 Å². The number of esters is 1. The minimum atomic E-state index is -4.65. The van der Waals surface area contributed by atoms with Crippen molar-refractivity contribution in [1.82, 2.24) is 9.13 Å². The largest absolute Gasteiger partial charge is 0.431 e. The average molecular weight is 496 g/mol. The molecule has 0 amide bonds. The van der Waals surface area contributed by atoms with Crippen molar-refractivity contribution >= 4 is 27.5 Å². The highest BCUT2D eigenvalue weighted by molar-refractivity contribution is 7.20. The zero-order chi connectivity index (χ0) is 24.8. The molecular formula is C22H13F5N2O4S. The standard InChI is InChI=1S/C22H13F5N2O4S/c1-28-19-12(18(30)29(21(28)32)10-11-5-3-2-4-6-11)9-15(34-19)20(31)33-22(26,27)13-7-8-14(23)17(25)16(13)24/h2-9H,10H2,1H3. The van der Waals surface area contributed by atoms with E-state index < -0.39 is 51.2 Å². The molecule has 2 heterocycles. The first-order valence-corrected chi connectivity index (χ1v) is 10.4. The van der Waals surface area contributed by atoms with Gasteiger partial charge in [-0.1, -0.05) is 30.3 Å². The summed E-state index contributed by atoms with van der Waals surface area (Å²) in [5, 5.41) is -0.0997. The van der Waals surface area contributed by atoms with E-state index in [1.165, 1.54) is 7.05 Å². The van der Waals surface area contributed by atoms with Crippen molar-refractivity contribution in [2.45, 2.75) is 12.7 Å². The molecule has 0 atom stereocenters. The summed E-state index contributed by atoms with van der Waals surface area (Å²) in [6.07, 6.45) is -4.65. The molecule has 2 aromatic heterocycles. The molecule has 0 N–H and O–H groups in total. The quantitative estimate of drug-likeness (QED) is 0.237. The second-order valence-corrected chi connectivity index (χ2v) is 8.21. The number of thiophene rings is 1. The number of carbonyl (C=O) groups excluding carboxylic acids is 1. The van der Waals surface area contributed by atoms with E-state index in [2.05, 4.69) is 4.74 Å². The van der Waals surface area contributed by atoms with E-state index in [0.29, 0.717) is 16.9 Å². The summed E-state index contributed by atoms with van der Waals surface area (Å²) in [7, 11) is 1.34. The third-order valence-electron chi connectivity index (χ3n) is 4.96. The molecule has 0 saturated carbocycles. The van der Waals surface area contributed by atoms with E-state index in [-0.39, 0.29) is 28.9 Å². The Bertz CT molecular complexity index is 1540. The van der Waals surface area contributed by atoms with Crippen LogP contribution in [0.3, 0.4) is 0 Å².